The molecule has 1 aliphatic rings. The van der Waals surface area contributed by atoms with Gasteiger partial charge in [-0.3, -0.25) is 0 Å². The predicted molar refractivity (Wildman–Crippen MR) is 51.4 cm³/mol. The van der Waals surface area contributed by atoms with E-state index in [2.05, 4.69) is 15.9 Å². The highest BCUT2D eigenvalue weighted by Gasteiger charge is 2.21. The van der Waals surface area contributed by atoms with Gasteiger partial charge in [0.2, 0.25) is 0 Å². The molecule has 4 nitrogen and oxygen atoms in total. The average molecular weight is 259 g/mol. The van der Waals surface area contributed by atoms with E-state index in [0.29, 0.717) is 15.8 Å². The Morgan fingerprint density at radius 3 is 3.00 bits per heavy atom. The summed E-state index contributed by atoms with van der Waals surface area (Å²) < 4.78 is 10.7. The topological polar surface area (TPSA) is 55.8 Å². The fraction of sp³-hybridized carbons (Fsp3) is 0.222. The van der Waals surface area contributed by atoms with E-state index in [0.717, 1.165) is 0 Å². The van der Waals surface area contributed by atoms with Gasteiger partial charge in [0, 0.05) is 10.0 Å². The van der Waals surface area contributed by atoms with Gasteiger partial charge in [0.25, 0.3) is 0 Å². The fourth-order valence-corrected chi connectivity index (χ4v) is 1.90. The third-order valence-electron chi connectivity index (χ3n) is 1.98. The van der Waals surface area contributed by atoms with Gasteiger partial charge in [-0.2, -0.15) is 0 Å². The number of carboxylic acid groups (broad SMARTS) is 1. The molecule has 0 saturated carbocycles. The van der Waals surface area contributed by atoms with Crippen molar-refractivity contribution < 1.29 is 19.4 Å². The number of hydrogen-bond acceptors (Lipinski definition) is 3. The minimum atomic E-state index is -0.983. The lowest BCUT2D eigenvalue weighted by Gasteiger charge is -2.19. The number of rotatable bonds is 1. The fourth-order valence-electron chi connectivity index (χ4n) is 1.36. The molecule has 14 heavy (non-hydrogen) atoms. The Kier molecular flexibility index (Phi) is 2.43. The quantitative estimate of drug-likeness (QED) is 0.838. The van der Waals surface area contributed by atoms with Gasteiger partial charge in [-0.05, 0) is 28.1 Å². The number of carboxylic acids is 1. The summed E-state index contributed by atoms with van der Waals surface area (Å²) in [5.41, 5.74) is 0.792. The molecule has 1 aromatic rings. The zero-order valence-corrected chi connectivity index (χ0v) is 8.70. The predicted octanol–water partition coefficient (Wildman–Crippen LogP) is 2.01. The molecular formula is C9H7BrO4. The number of aromatic carboxylic acids is 1. The molecule has 1 aliphatic heterocycles. The van der Waals surface area contributed by atoms with Crippen molar-refractivity contribution in [3.8, 4) is 5.75 Å². The van der Waals surface area contributed by atoms with Gasteiger partial charge in [-0.25, -0.2) is 4.79 Å². The molecule has 74 valence electrons. The minimum absolute atomic E-state index is 0.174. The lowest BCUT2D eigenvalue weighted by atomic mass is 10.1. The second-order valence-electron chi connectivity index (χ2n) is 2.81. The van der Waals surface area contributed by atoms with Crippen LogP contribution in [-0.2, 0) is 11.3 Å². The summed E-state index contributed by atoms with van der Waals surface area (Å²) in [5, 5.41) is 8.98. The first-order valence-corrected chi connectivity index (χ1v) is 4.74. The Morgan fingerprint density at radius 1 is 1.50 bits per heavy atom. The van der Waals surface area contributed by atoms with Crippen LogP contribution in [0.5, 0.6) is 5.75 Å². The van der Waals surface area contributed by atoms with Gasteiger partial charge >= 0.3 is 5.97 Å². The van der Waals surface area contributed by atoms with Gasteiger partial charge in [-0.1, -0.05) is 0 Å². The third-order valence-corrected chi connectivity index (χ3v) is 2.64. The van der Waals surface area contributed by atoms with Crippen molar-refractivity contribution in [2.24, 2.45) is 0 Å². The van der Waals surface area contributed by atoms with Crippen LogP contribution in [0.25, 0.3) is 0 Å². The third kappa shape index (κ3) is 1.49. The van der Waals surface area contributed by atoms with E-state index in [4.69, 9.17) is 14.6 Å². The Bertz CT molecular complexity index is 389. The molecule has 0 spiro atoms. The molecule has 0 saturated heterocycles. The Hall–Kier alpha value is -1.07. The summed E-state index contributed by atoms with van der Waals surface area (Å²) in [5.74, 6) is -0.403. The summed E-state index contributed by atoms with van der Waals surface area (Å²) in [6.07, 6.45) is 0. The molecule has 2 rings (SSSR count). The molecule has 0 atom stereocenters. The van der Waals surface area contributed by atoms with E-state index in [9.17, 15) is 4.79 Å². The Labute approximate surface area is 88.6 Å². The number of halogens is 1. The van der Waals surface area contributed by atoms with Crippen LogP contribution in [0.1, 0.15) is 15.9 Å². The van der Waals surface area contributed by atoms with Gasteiger partial charge in [0.15, 0.2) is 6.79 Å². The second kappa shape index (κ2) is 3.59. The standard InChI is InChI=1S/C9H7BrO4/c10-6-1-2-7-5(3-13-4-14-7)8(6)9(11)12/h1-2H,3-4H2,(H,11,12). The first-order valence-electron chi connectivity index (χ1n) is 3.95. The number of benzene rings is 1. The summed E-state index contributed by atoms with van der Waals surface area (Å²) in [6, 6.07) is 3.39. The lowest BCUT2D eigenvalue weighted by Crippen LogP contribution is -2.15. The van der Waals surface area contributed by atoms with E-state index in [-0.39, 0.29) is 19.0 Å². The van der Waals surface area contributed by atoms with E-state index < -0.39 is 5.97 Å². The molecule has 1 aromatic carbocycles. The van der Waals surface area contributed by atoms with E-state index in [1.807, 2.05) is 0 Å². The average Bonchev–Trinajstić information content (AvgIpc) is 2.17. The molecular weight excluding hydrogens is 252 g/mol. The van der Waals surface area contributed by atoms with E-state index in [1.54, 1.807) is 12.1 Å². The van der Waals surface area contributed by atoms with Crippen molar-refractivity contribution in [3.05, 3.63) is 27.7 Å². The van der Waals surface area contributed by atoms with Crippen LogP contribution >= 0.6 is 15.9 Å². The SMILES string of the molecule is O=C(O)c1c(Br)ccc2c1COCO2. The van der Waals surface area contributed by atoms with Gasteiger partial charge in [-0.15, -0.1) is 0 Å². The first-order chi connectivity index (χ1) is 6.70. The van der Waals surface area contributed by atoms with Crippen LogP contribution in [0.4, 0.5) is 0 Å². The summed E-state index contributed by atoms with van der Waals surface area (Å²) in [7, 11) is 0. The Balaban J connectivity index is 2.60. The second-order valence-corrected chi connectivity index (χ2v) is 3.67. The van der Waals surface area contributed by atoms with Crippen LogP contribution in [0, 0.1) is 0 Å². The van der Waals surface area contributed by atoms with Crippen LogP contribution in [0.15, 0.2) is 16.6 Å². The van der Waals surface area contributed by atoms with E-state index in [1.165, 1.54) is 0 Å². The largest absolute Gasteiger partial charge is 0.478 e. The minimum Gasteiger partial charge on any atom is -0.478 e. The maximum absolute atomic E-state index is 11.0. The monoisotopic (exact) mass is 258 g/mol. The maximum atomic E-state index is 11.0. The summed E-state index contributed by atoms with van der Waals surface area (Å²) in [4.78, 5) is 11.0. The number of ether oxygens (including phenoxy) is 2. The number of fused-ring (bicyclic) bond motifs is 1. The molecule has 0 unspecified atom stereocenters. The highest BCUT2D eigenvalue weighted by atomic mass is 79.9. The van der Waals surface area contributed by atoms with Crippen molar-refractivity contribution in [1.82, 2.24) is 0 Å². The molecule has 0 bridgehead atoms. The molecule has 1 heterocycles. The van der Waals surface area contributed by atoms with Crippen molar-refractivity contribution in [1.29, 1.82) is 0 Å². The maximum Gasteiger partial charge on any atom is 0.337 e. The zero-order chi connectivity index (χ0) is 10.1. The van der Waals surface area contributed by atoms with Crippen LogP contribution in [0.2, 0.25) is 0 Å². The summed E-state index contributed by atoms with van der Waals surface area (Å²) in [6.45, 7) is 0.449. The van der Waals surface area contributed by atoms with Crippen molar-refractivity contribution in [2.45, 2.75) is 6.61 Å². The van der Waals surface area contributed by atoms with Crippen molar-refractivity contribution in [3.63, 3.8) is 0 Å². The molecule has 0 amide bonds. The number of carbonyl (C=O) groups is 1. The normalized spacial score (nSPS) is 14.4. The van der Waals surface area contributed by atoms with Crippen molar-refractivity contribution >= 4 is 21.9 Å². The molecule has 0 aliphatic carbocycles. The molecule has 0 aromatic heterocycles. The zero-order valence-electron chi connectivity index (χ0n) is 7.12. The first kappa shape index (κ1) is 9.48. The molecule has 5 heteroatoms. The van der Waals surface area contributed by atoms with Crippen LogP contribution < -0.4 is 4.74 Å². The van der Waals surface area contributed by atoms with Crippen LogP contribution in [0.3, 0.4) is 0 Å². The van der Waals surface area contributed by atoms with Gasteiger partial charge < -0.3 is 14.6 Å². The van der Waals surface area contributed by atoms with Crippen molar-refractivity contribution in [2.75, 3.05) is 6.79 Å². The number of hydrogen-bond donors (Lipinski definition) is 1. The summed E-state index contributed by atoms with van der Waals surface area (Å²) >= 11 is 3.18. The van der Waals surface area contributed by atoms with Gasteiger partial charge in [0.05, 0.1) is 12.2 Å². The van der Waals surface area contributed by atoms with Crippen LogP contribution in [-0.4, -0.2) is 17.9 Å². The molecule has 0 radical (unpaired) electrons. The smallest absolute Gasteiger partial charge is 0.337 e. The molecule has 0 fully saturated rings. The molecule has 1 N–H and O–H groups in total. The highest BCUT2D eigenvalue weighted by molar-refractivity contribution is 9.10. The van der Waals surface area contributed by atoms with E-state index >= 15 is 0 Å². The highest BCUT2D eigenvalue weighted by Crippen LogP contribution is 2.31. The van der Waals surface area contributed by atoms with Gasteiger partial charge in [0.1, 0.15) is 5.75 Å². The Morgan fingerprint density at radius 2 is 2.29 bits per heavy atom. The lowest BCUT2D eigenvalue weighted by molar-refractivity contribution is -0.0171.